The second kappa shape index (κ2) is 6.14. The molecule has 24 heavy (non-hydrogen) atoms. The van der Waals surface area contributed by atoms with E-state index in [2.05, 4.69) is 39.5 Å². The van der Waals surface area contributed by atoms with Gasteiger partial charge in [0, 0.05) is 30.7 Å². The first-order valence-electron chi connectivity index (χ1n) is 8.57. The molecular weight excluding hydrogens is 306 g/mol. The largest absolute Gasteiger partial charge is 0.375 e. The second-order valence-corrected chi connectivity index (χ2v) is 7.16. The minimum atomic E-state index is -0.0499. The molecule has 3 atom stereocenters. The molecule has 128 valence electrons. The summed E-state index contributed by atoms with van der Waals surface area (Å²) in [7, 11) is 0. The zero-order chi connectivity index (χ0) is 16.7. The van der Waals surface area contributed by atoms with Crippen LogP contribution < -0.4 is 5.32 Å². The van der Waals surface area contributed by atoms with E-state index in [0.717, 1.165) is 31.6 Å². The summed E-state index contributed by atoms with van der Waals surface area (Å²) in [6.45, 7) is 7.01. The van der Waals surface area contributed by atoms with Gasteiger partial charge in [0.25, 0.3) is 5.91 Å². The first-order valence-corrected chi connectivity index (χ1v) is 8.57. The van der Waals surface area contributed by atoms with E-state index in [1.807, 2.05) is 6.07 Å². The minimum Gasteiger partial charge on any atom is -0.375 e. The molecule has 0 bridgehead atoms. The van der Waals surface area contributed by atoms with Gasteiger partial charge in [0.2, 0.25) is 0 Å². The second-order valence-electron chi connectivity index (χ2n) is 7.16. The summed E-state index contributed by atoms with van der Waals surface area (Å²) >= 11 is 0. The third-order valence-corrected chi connectivity index (χ3v) is 5.10. The number of carbonyl (C=O) groups is 1. The Morgan fingerprint density at radius 1 is 1.33 bits per heavy atom. The van der Waals surface area contributed by atoms with Crippen LogP contribution in [0.15, 0.2) is 18.2 Å². The Balaban J connectivity index is 1.40. The standard InChI is InChI=1S/C17H23N5O2/c1-10(2)16-8-22-7-12(6-13(22)9-24-16)18-17(23)11-3-4-14-15(5-11)20-21-19-14/h3-5,10,12-13,16H,6-9H2,1-2H3,(H,18,23)(H,19,20,21)/t12-,13+,16-/m1/s1. The number of nitrogens with one attached hydrogen (secondary N) is 2. The summed E-state index contributed by atoms with van der Waals surface area (Å²) in [5, 5.41) is 13.8. The molecule has 0 unspecified atom stereocenters. The lowest BCUT2D eigenvalue weighted by atomic mass is 10.0. The third-order valence-electron chi connectivity index (χ3n) is 5.10. The van der Waals surface area contributed by atoms with Crippen LogP contribution in [0.2, 0.25) is 0 Å². The summed E-state index contributed by atoms with van der Waals surface area (Å²) < 4.78 is 5.96. The van der Waals surface area contributed by atoms with Crippen molar-refractivity contribution in [2.24, 2.45) is 5.92 Å². The highest BCUT2D eigenvalue weighted by atomic mass is 16.5. The fraction of sp³-hybridized carbons (Fsp3) is 0.588. The zero-order valence-electron chi connectivity index (χ0n) is 14.0. The van der Waals surface area contributed by atoms with Gasteiger partial charge in [-0.2, -0.15) is 15.4 Å². The average Bonchev–Trinajstić information content (AvgIpc) is 3.18. The van der Waals surface area contributed by atoms with Crippen LogP contribution in [-0.4, -0.2) is 64.1 Å². The number of ether oxygens (including phenoxy) is 1. The third kappa shape index (κ3) is 2.89. The Kier molecular flexibility index (Phi) is 3.97. The van der Waals surface area contributed by atoms with Gasteiger partial charge in [-0.3, -0.25) is 9.69 Å². The summed E-state index contributed by atoms with van der Waals surface area (Å²) in [6, 6.07) is 5.97. The van der Waals surface area contributed by atoms with Gasteiger partial charge >= 0.3 is 0 Å². The van der Waals surface area contributed by atoms with Crippen LogP contribution in [0.4, 0.5) is 0 Å². The number of rotatable bonds is 3. The molecule has 1 amide bonds. The van der Waals surface area contributed by atoms with Crippen LogP contribution >= 0.6 is 0 Å². The van der Waals surface area contributed by atoms with Gasteiger partial charge < -0.3 is 10.1 Å². The van der Waals surface area contributed by atoms with Crippen LogP contribution in [0, 0.1) is 5.92 Å². The van der Waals surface area contributed by atoms with Gasteiger partial charge in [-0.1, -0.05) is 13.8 Å². The van der Waals surface area contributed by atoms with Gasteiger partial charge in [0.05, 0.1) is 12.7 Å². The van der Waals surface area contributed by atoms with Crippen molar-refractivity contribution in [2.75, 3.05) is 19.7 Å². The van der Waals surface area contributed by atoms with Crippen molar-refractivity contribution >= 4 is 16.9 Å². The Labute approximate surface area is 140 Å². The number of nitrogens with zero attached hydrogens (tertiary/aromatic N) is 3. The number of morpholine rings is 1. The maximum atomic E-state index is 12.5. The van der Waals surface area contributed by atoms with Crippen LogP contribution in [0.5, 0.6) is 0 Å². The Bertz CT molecular complexity index is 743. The van der Waals surface area contributed by atoms with E-state index in [9.17, 15) is 4.79 Å². The maximum Gasteiger partial charge on any atom is 0.251 e. The summed E-state index contributed by atoms with van der Waals surface area (Å²) in [5.74, 6) is 0.472. The maximum absolute atomic E-state index is 12.5. The predicted molar refractivity (Wildman–Crippen MR) is 89.7 cm³/mol. The molecular formula is C17H23N5O2. The lowest BCUT2D eigenvalue weighted by Crippen LogP contribution is -2.48. The van der Waals surface area contributed by atoms with E-state index in [-0.39, 0.29) is 11.9 Å². The fourth-order valence-electron chi connectivity index (χ4n) is 3.66. The zero-order valence-corrected chi connectivity index (χ0v) is 14.0. The molecule has 0 spiro atoms. The molecule has 0 aliphatic carbocycles. The van der Waals surface area contributed by atoms with Gasteiger partial charge in [-0.05, 0) is 30.5 Å². The minimum absolute atomic E-state index is 0.0499. The smallest absolute Gasteiger partial charge is 0.251 e. The number of aromatic amines is 1. The summed E-state index contributed by atoms with van der Waals surface area (Å²) in [5.41, 5.74) is 2.10. The van der Waals surface area contributed by atoms with E-state index in [0.29, 0.717) is 29.1 Å². The van der Waals surface area contributed by atoms with Gasteiger partial charge in [0.1, 0.15) is 11.0 Å². The molecule has 2 saturated heterocycles. The van der Waals surface area contributed by atoms with Crippen molar-refractivity contribution < 1.29 is 9.53 Å². The van der Waals surface area contributed by atoms with Crippen LogP contribution in [-0.2, 0) is 4.74 Å². The van der Waals surface area contributed by atoms with Crippen LogP contribution in [0.1, 0.15) is 30.6 Å². The van der Waals surface area contributed by atoms with E-state index in [1.54, 1.807) is 12.1 Å². The number of H-pyrrole nitrogens is 1. The lowest BCUT2D eigenvalue weighted by Gasteiger charge is -2.36. The Morgan fingerprint density at radius 3 is 3.00 bits per heavy atom. The van der Waals surface area contributed by atoms with Crippen LogP contribution in [0.3, 0.4) is 0 Å². The number of hydrogen-bond donors (Lipinski definition) is 2. The molecule has 2 aliphatic heterocycles. The average molecular weight is 329 g/mol. The number of hydrogen-bond acceptors (Lipinski definition) is 5. The normalized spacial score (nSPS) is 27.5. The van der Waals surface area contributed by atoms with E-state index in [1.165, 1.54) is 0 Å². The van der Waals surface area contributed by atoms with Crippen molar-refractivity contribution in [3.63, 3.8) is 0 Å². The Hall–Kier alpha value is -1.99. The predicted octanol–water partition coefficient (Wildman–Crippen LogP) is 1.19. The Morgan fingerprint density at radius 2 is 2.17 bits per heavy atom. The van der Waals surface area contributed by atoms with Crippen molar-refractivity contribution in [1.82, 2.24) is 25.6 Å². The lowest BCUT2D eigenvalue weighted by molar-refractivity contribution is -0.0683. The number of benzene rings is 1. The highest BCUT2D eigenvalue weighted by molar-refractivity contribution is 5.97. The van der Waals surface area contributed by atoms with Gasteiger partial charge in [0.15, 0.2) is 0 Å². The quantitative estimate of drug-likeness (QED) is 0.884. The van der Waals surface area contributed by atoms with Crippen molar-refractivity contribution in [3.8, 4) is 0 Å². The topological polar surface area (TPSA) is 83.1 Å². The summed E-state index contributed by atoms with van der Waals surface area (Å²) in [4.78, 5) is 15.0. The highest BCUT2D eigenvalue weighted by Gasteiger charge is 2.38. The first-order chi connectivity index (χ1) is 11.6. The van der Waals surface area contributed by atoms with Gasteiger partial charge in [-0.25, -0.2) is 0 Å². The molecule has 3 heterocycles. The molecule has 4 rings (SSSR count). The molecule has 1 aromatic heterocycles. The monoisotopic (exact) mass is 329 g/mol. The number of amides is 1. The van der Waals surface area contributed by atoms with Crippen molar-refractivity contribution in [2.45, 2.75) is 38.5 Å². The number of fused-ring (bicyclic) bond motifs is 2. The molecule has 7 nitrogen and oxygen atoms in total. The van der Waals surface area contributed by atoms with Gasteiger partial charge in [-0.15, -0.1) is 0 Å². The molecule has 7 heteroatoms. The van der Waals surface area contributed by atoms with Crippen molar-refractivity contribution in [3.05, 3.63) is 23.8 Å². The fourth-order valence-corrected chi connectivity index (χ4v) is 3.66. The molecule has 2 fully saturated rings. The van der Waals surface area contributed by atoms with E-state index in [4.69, 9.17) is 4.74 Å². The van der Waals surface area contributed by atoms with E-state index >= 15 is 0 Å². The SMILES string of the molecule is CC(C)[C@H]1CN2C[C@H](NC(=O)c3ccc4n[nH]nc4c3)C[C@H]2CO1. The summed E-state index contributed by atoms with van der Waals surface area (Å²) in [6.07, 6.45) is 1.24. The molecule has 2 N–H and O–H groups in total. The molecule has 2 aromatic rings. The first kappa shape index (κ1) is 15.5. The van der Waals surface area contributed by atoms with E-state index < -0.39 is 0 Å². The number of carbonyl (C=O) groups excluding carboxylic acids is 1. The molecule has 0 saturated carbocycles. The molecule has 2 aliphatic rings. The number of aromatic nitrogens is 3. The molecule has 0 radical (unpaired) electrons. The highest BCUT2D eigenvalue weighted by Crippen LogP contribution is 2.26. The molecule has 1 aromatic carbocycles. The van der Waals surface area contributed by atoms with Crippen molar-refractivity contribution in [1.29, 1.82) is 0 Å². The van der Waals surface area contributed by atoms with Crippen LogP contribution in [0.25, 0.3) is 11.0 Å².